The highest BCUT2D eigenvalue weighted by atomic mass is 16.4. The number of aliphatic carboxylic acids is 2. The normalized spacial score (nSPS) is 15.5. The molecule has 1 aliphatic carbocycles. The summed E-state index contributed by atoms with van der Waals surface area (Å²) in [5.74, 6) is -2.15. The molecule has 5 N–H and O–H groups in total. The minimum absolute atomic E-state index is 0.296. The Morgan fingerprint density at radius 1 is 1.27 bits per heavy atom. The van der Waals surface area contributed by atoms with Crippen LogP contribution >= 0.6 is 0 Å². The first-order valence-corrected chi connectivity index (χ1v) is 8.39. The van der Waals surface area contributed by atoms with E-state index in [2.05, 4.69) is 21.7 Å². The second-order valence-corrected chi connectivity index (χ2v) is 6.12. The number of carbonyl (C=O) groups is 3. The molecule has 0 bridgehead atoms. The molecule has 0 aliphatic heterocycles. The van der Waals surface area contributed by atoms with Crippen LogP contribution < -0.4 is 10.6 Å². The lowest BCUT2D eigenvalue weighted by atomic mass is 9.91. The number of aromatic nitrogens is 1. The first-order chi connectivity index (χ1) is 12.4. The Morgan fingerprint density at radius 3 is 2.54 bits per heavy atom. The van der Waals surface area contributed by atoms with Gasteiger partial charge in [0.05, 0.1) is 12.8 Å². The summed E-state index contributed by atoms with van der Waals surface area (Å²) in [6, 6.07) is 6.57. The molecule has 3 rings (SSSR count). The molecule has 1 heterocycles. The van der Waals surface area contributed by atoms with Crippen molar-refractivity contribution in [3.05, 3.63) is 29.5 Å². The SMILES string of the molecule is CNC1CCc2[nH]c3ccc(NC=O)cc3c2C1.O=C(O)CCC(=O)O. The predicted octanol–water partition coefficient (Wildman–Crippen LogP) is 1.75. The van der Waals surface area contributed by atoms with Crippen molar-refractivity contribution >= 4 is 34.9 Å². The standard InChI is InChI=1S/C14H17N3O.C4H6O4/c1-15-9-2-4-13-11(6-9)12-7-10(16-8-18)3-5-14(12)17-13;5-3(6)1-2-4(7)8/h3,5,7-9,15,17H,2,4,6H2,1H3,(H,16,18);1-2H2,(H,5,6)(H,7,8). The van der Waals surface area contributed by atoms with Gasteiger partial charge in [0.25, 0.3) is 0 Å². The molecule has 26 heavy (non-hydrogen) atoms. The van der Waals surface area contributed by atoms with E-state index >= 15 is 0 Å². The largest absolute Gasteiger partial charge is 0.481 e. The number of hydrogen-bond acceptors (Lipinski definition) is 4. The van der Waals surface area contributed by atoms with Crippen LogP contribution in [0.3, 0.4) is 0 Å². The molecule has 1 atom stereocenters. The summed E-state index contributed by atoms with van der Waals surface area (Å²) in [5, 5.41) is 23.1. The van der Waals surface area contributed by atoms with Gasteiger partial charge in [0.2, 0.25) is 6.41 Å². The van der Waals surface area contributed by atoms with Crippen LogP contribution in [0.15, 0.2) is 18.2 Å². The van der Waals surface area contributed by atoms with Crippen molar-refractivity contribution in [1.82, 2.24) is 10.3 Å². The maximum Gasteiger partial charge on any atom is 0.303 e. The summed E-state index contributed by atoms with van der Waals surface area (Å²) in [6.07, 6.45) is 3.44. The van der Waals surface area contributed by atoms with Gasteiger partial charge in [0.15, 0.2) is 0 Å². The zero-order valence-electron chi connectivity index (χ0n) is 14.5. The van der Waals surface area contributed by atoms with E-state index in [0.717, 1.165) is 30.5 Å². The number of H-pyrrole nitrogens is 1. The maximum atomic E-state index is 10.5. The average molecular weight is 361 g/mol. The second kappa shape index (κ2) is 9.00. The smallest absolute Gasteiger partial charge is 0.303 e. The second-order valence-electron chi connectivity index (χ2n) is 6.12. The molecule has 1 aromatic carbocycles. The van der Waals surface area contributed by atoms with E-state index in [1.807, 2.05) is 19.2 Å². The summed E-state index contributed by atoms with van der Waals surface area (Å²) >= 11 is 0. The van der Waals surface area contributed by atoms with Crippen molar-refractivity contribution in [2.24, 2.45) is 0 Å². The molecule has 8 heteroatoms. The van der Waals surface area contributed by atoms with Gasteiger partial charge in [-0.2, -0.15) is 0 Å². The van der Waals surface area contributed by atoms with E-state index in [0.29, 0.717) is 6.04 Å². The van der Waals surface area contributed by atoms with Crippen LogP contribution in [-0.4, -0.2) is 46.6 Å². The molecule has 0 saturated heterocycles. The fourth-order valence-corrected chi connectivity index (χ4v) is 3.04. The Labute approximate surface area is 150 Å². The topological polar surface area (TPSA) is 132 Å². The molecule has 0 radical (unpaired) electrons. The zero-order valence-corrected chi connectivity index (χ0v) is 14.5. The summed E-state index contributed by atoms with van der Waals surface area (Å²) in [6.45, 7) is 0. The van der Waals surface area contributed by atoms with Crippen LogP contribution in [0.5, 0.6) is 0 Å². The van der Waals surface area contributed by atoms with E-state index in [4.69, 9.17) is 10.2 Å². The lowest BCUT2D eigenvalue weighted by molar-refractivity contribution is -0.143. The molecule has 2 aromatic rings. The Hall–Kier alpha value is -2.87. The van der Waals surface area contributed by atoms with E-state index < -0.39 is 11.9 Å². The Kier molecular flexibility index (Phi) is 6.74. The van der Waals surface area contributed by atoms with Crippen LogP contribution in [0.1, 0.15) is 30.5 Å². The Bertz CT molecular complexity index is 785. The van der Waals surface area contributed by atoms with E-state index in [-0.39, 0.29) is 12.8 Å². The van der Waals surface area contributed by atoms with Gasteiger partial charge in [0, 0.05) is 28.3 Å². The quantitative estimate of drug-likeness (QED) is 0.498. The summed E-state index contributed by atoms with van der Waals surface area (Å²) < 4.78 is 0. The molecule has 140 valence electrons. The van der Waals surface area contributed by atoms with Gasteiger partial charge in [-0.05, 0) is 50.1 Å². The van der Waals surface area contributed by atoms with Gasteiger partial charge in [0.1, 0.15) is 0 Å². The number of benzene rings is 1. The van der Waals surface area contributed by atoms with Crippen LogP contribution in [0.2, 0.25) is 0 Å². The van der Waals surface area contributed by atoms with Crippen molar-refractivity contribution in [1.29, 1.82) is 0 Å². The molecule has 1 aliphatic rings. The van der Waals surface area contributed by atoms with E-state index in [9.17, 15) is 14.4 Å². The predicted molar refractivity (Wildman–Crippen MR) is 97.4 cm³/mol. The number of carboxylic acid groups (broad SMARTS) is 2. The fraction of sp³-hybridized carbons (Fsp3) is 0.389. The lowest BCUT2D eigenvalue weighted by Gasteiger charge is -2.21. The summed E-state index contributed by atoms with van der Waals surface area (Å²) in [4.78, 5) is 33.3. The van der Waals surface area contributed by atoms with Gasteiger partial charge < -0.3 is 25.8 Å². The van der Waals surface area contributed by atoms with E-state index in [1.165, 1.54) is 23.1 Å². The highest BCUT2D eigenvalue weighted by Gasteiger charge is 2.21. The molecular formula is C18H23N3O5. The number of likely N-dealkylation sites (N-methyl/N-ethyl adjacent to an activating group) is 1. The average Bonchev–Trinajstić information content (AvgIpc) is 2.98. The van der Waals surface area contributed by atoms with Crippen molar-refractivity contribution in [3.63, 3.8) is 0 Å². The van der Waals surface area contributed by atoms with E-state index in [1.54, 1.807) is 0 Å². The van der Waals surface area contributed by atoms with Gasteiger partial charge in [-0.25, -0.2) is 0 Å². The number of aromatic amines is 1. The van der Waals surface area contributed by atoms with Crippen molar-refractivity contribution in [2.75, 3.05) is 12.4 Å². The number of fused-ring (bicyclic) bond motifs is 3. The number of aryl methyl sites for hydroxylation is 1. The van der Waals surface area contributed by atoms with Crippen molar-refractivity contribution < 1.29 is 24.6 Å². The Morgan fingerprint density at radius 2 is 1.96 bits per heavy atom. The number of nitrogens with one attached hydrogen (secondary N) is 3. The van der Waals surface area contributed by atoms with Crippen LogP contribution in [0.4, 0.5) is 5.69 Å². The summed E-state index contributed by atoms with van der Waals surface area (Å²) in [5.41, 5.74) is 4.75. The molecule has 1 amide bonds. The van der Waals surface area contributed by atoms with Crippen LogP contribution in [0, 0.1) is 0 Å². The minimum atomic E-state index is -1.08. The summed E-state index contributed by atoms with van der Waals surface area (Å²) in [7, 11) is 2.02. The first-order valence-electron chi connectivity index (χ1n) is 8.39. The zero-order chi connectivity index (χ0) is 19.1. The van der Waals surface area contributed by atoms with Gasteiger partial charge in [-0.15, -0.1) is 0 Å². The number of carboxylic acids is 2. The number of anilines is 1. The number of amides is 1. The minimum Gasteiger partial charge on any atom is -0.481 e. The van der Waals surface area contributed by atoms with Gasteiger partial charge in [-0.3, -0.25) is 14.4 Å². The molecule has 0 spiro atoms. The van der Waals surface area contributed by atoms with Gasteiger partial charge >= 0.3 is 11.9 Å². The Balaban J connectivity index is 0.000000260. The van der Waals surface area contributed by atoms with Crippen molar-refractivity contribution in [3.8, 4) is 0 Å². The molecule has 1 aromatic heterocycles. The molecule has 0 fully saturated rings. The highest BCUT2D eigenvalue weighted by Crippen LogP contribution is 2.30. The number of hydrogen-bond donors (Lipinski definition) is 5. The third kappa shape index (κ3) is 5.06. The van der Waals surface area contributed by atoms with Crippen LogP contribution in [-0.2, 0) is 27.2 Å². The fourth-order valence-electron chi connectivity index (χ4n) is 3.04. The molecular weight excluding hydrogens is 338 g/mol. The molecule has 0 saturated carbocycles. The lowest BCUT2D eigenvalue weighted by Crippen LogP contribution is -2.31. The van der Waals surface area contributed by atoms with Crippen molar-refractivity contribution in [2.45, 2.75) is 38.1 Å². The number of rotatable bonds is 6. The first kappa shape index (κ1) is 19.5. The maximum absolute atomic E-state index is 10.5. The number of carbonyl (C=O) groups excluding carboxylic acids is 1. The molecule has 8 nitrogen and oxygen atoms in total. The van der Waals surface area contributed by atoms with Gasteiger partial charge in [-0.1, -0.05) is 0 Å². The monoisotopic (exact) mass is 361 g/mol. The highest BCUT2D eigenvalue weighted by molar-refractivity contribution is 5.89. The molecule has 1 unspecified atom stereocenters. The third-order valence-corrected chi connectivity index (χ3v) is 4.37. The van der Waals surface area contributed by atoms with Crippen LogP contribution in [0.25, 0.3) is 10.9 Å². The third-order valence-electron chi connectivity index (χ3n) is 4.37.